The van der Waals surface area contributed by atoms with Gasteiger partial charge in [-0.2, -0.15) is 5.10 Å². The zero-order valence-electron chi connectivity index (χ0n) is 12.2. The average molecular weight is 383 g/mol. The number of aromatic nitrogens is 3. The lowest BCUT2D eigenvalue weighted by atomic mass is 10.3. The number of nitrogens with zero attached hydrogens (tertiary/aromatic N) is 3. The average Bonchev–Trinajstić information content (AvgIpc) is 2.93. The molecule has 0 amide bonds. The molecule has 0 aliphatic carbocycles. The normalized spacial score (nSPS) is 11.4. The third kappa shape index (κ3) is 4.05. The van der Waals surface area contributed by atoms with Gasteiger partial charge < -0.3 is 0 Å². The minimum absolute atomic E-state index is 0.0284. The summed E-state index contributed by atoms with van der Waals surface area (Å²) in [5.74, 6) is 0.196. The minimum Gasteiger partial charge on any atom is -0.265 e. The Morgan fingerprint density at radius 2 is 1.83 bits per heavy atom. The molecule has 124 valence electrons. The van der Waals surface area contributed by atoms with Gasteiger partial charge in [-0.15, -0.1) is 0 Å². The molecule has 2 heterocycles. The van der Waals surface area contributed by atoms with Gasteiger partial charge in [0.2, 0.25) is 0 Å². The van der Waals surface area contributed by atoms with E-state index >= 15 is 0 Å². The summed E-state index contributed by atoms with van der Waals surface area (Å²) in [4.78, 5) is 4.17. The summed E-state index contributed by atoms with van der Waals surface area (Å²) in [6.07, 6.45) is 3.35. The van der Waals surface area contributed by atoms with Crippen molar-refractivity contribution in [3.63, 3.8) is 0 Å². The molecule has 2 aromatic heterocycles. The van der Waals surface area contributed by atoms with Crippen LogP contribution in [-0.4, -0.2) is 23.2 Å². The van der Waals surface area contributed by atoms with E-state index in [1.54, 1.807) is 23.1 Å². The molecule has 9 heteroatoms. The molecule has 0 atom stereocenters. The highest BCUT2D eigenvalue weighted by Gasteiger charge is 2.17. The van der Waals surface area contributed by atoms with Crippen molar-refractivity contribution in [2.45, 2.75) is 11.4 Å². The molecule has 0 bridgehead atoms. The predicted octanol–water partition coefficient (Wildman–Crippen LogP) is 3.43. The summed E-state index contributed by atoms with van der Waals surface area (Å²) in [5, 5.41) is 4.66. The number of benzene rings is 1. The van der Waals surface area contributed by atoms with Crippen LogP contribution in [0.3, 0.4) is 0 Å². The van der Waals surface area contributed by atoms with E-state index in [0.29, 0.717) is 6.54 Å². The fraction of sp³-hybridized carbons (Fsp3) is 0.0667. The SMILES string of the molecule is O=S(=O)(Nc1ccn(Cc2ccccn2)n1)c1cc(Cl)cc(Cl)c1. The second kappa shape index (κ2) is 6.80. The van der Waals surface area contributed by atoms with Gasteiger partial charge in [0, 0.05) is 28.5 Å². The van der Waals surface area contributed by atoms with Gasteiger partial charge in [0.1, 0.15) is 0 Å². The number of halogens is 2. The Hall–Kier alpha value is -2.09. The zero-order valence-corrected chi connectivity index (χ0v) is 14.6. The van der Waals surface area contributed by atoms with Gasteiger partial charge in [-0.05, 0) is 30.3 Å². The maximum atomic E-state index is 12.4. The standard InChI is InChI=1S/C15H12Cl2N4O2S/c16-11-7-12(17)9-14(8-11)24(22,23)20-15-4-6-21(19-15)10-13-3-1-2-5-18-13/h1-9H,10H2,(H,19,20). The van der Waals surface area contributed by atoms with Crippen LogP contribution in [0.5, 0.6) is 0 Å². The first-order chi connectivity index (χ1) is 11.4. The number of anilines is 1. The van der Waals surface area contributed by atoms with Crippen LogP contribution in [0.1, 0.15) is 5.69 Å². The molecule has 0 spiro atoms. The second-order valence-corrected chi connectivity index (χ2v) is 7.49. The van der Waals surface area contributed by atoms with E-state index in [1.807, 2.05) is 18.2 Å². The van der Waals surface area contributed by atoms with Crippen LogP contribution in [0.15, 0.2) is 59.8 Å². The molecule has 24 heavy (non-hydrogen) atoms. The molecule has 1 N–H and O–H groups in total. The first kappa shape index (κ1) is 16.8. The molecule has 1 aromatic carbocycles. The van der Waals surface area contributed by atoms with Gasteiger partial charge in [-0.25, -0.2) is 8.42 Å². The van der Waals surface area contributed by atoms with Crippen molar-refractivity contribution in [3.05, 3.63) is 70.6 Å². The molecule has 0 aliphatic rings. The number of pyridine rings is 1. The van der Waals surface area contributed by atoms with Crippen molar-refractivity contribution < 1.29 is 8.42 Å². The Morgan fingerprint density at radius 3 is 2.50 bits per heavy atom. The van der Waals surface area contributed by atoms with Crippen molar-refractivity contribution >= 4 is 39.0 Å². The summed E-state index contributed by atoms with van der Waals surface area (Å²) >= 11 is 11.7. The molecule has 0 saturated heterocycles. The van der Waals surface area contributed by atoms with Crippen LogP contribution in [0, 0.1) is 0 Å². The Bertz CT molecular complexity index is 938. The Morgan fingerprint density at radius 1 is 1.08 bits per heavy atom. The van der Waals surface area contributed by atoms with Crippen LogP contribution < -0.4 is 4.72 Å². The summed E-state index contributed by atoms with van der Waals surface area (Å²) in [5.41, 5.74) is 0.816. The number of hydrogen-bond acceptors (Lipinski definition) is 4. The molecular formula is C15H12Cl2N4O2S. The van der Waals surface area contributed by atoms with E-state index in [0.717, 1.165) is 5.69 Å². The molecule has 0 aliphatic heterocycles. The molecule has 6 nitrogen and oxygen atoms in total. The fourth-order valence-corrected chi connectivity index (χ4v) is 3.76. The van der Waals surface area contributed by atoms with Gasteiger partial charge in [-0.3, -0.25) is 14.4 Å². The monoisotopic (exact) mass is 382 g/mol. The fourth-order valence-electron chi connectivity index (χ4n) is 2.04. The summed E-state index contributed by atoms with van der Waals surface area (Å²) in [7, 11) is -3.83. The van der Waals surface area contributed by atoms with E-state index < -0.39 is 10.0 Å². The van der Waals surface area contributed by atoms with E-state index in [9.17, 15) is 8.42 Å². The summed E-state index contributed by atoms with van der Waals surface area (Å²) in [6.45, 7) is 0.436. The van der Waals surface area contributed by atoms with E-state index in [2.05, 4.69) is 14.8 Å². The molecule has 3 aromatic rings. The molecule has 0 radical (unpaired) electrons. The molecule has 3 rings (SSSR count). The van der Waals surface area contributed by atoms with Crippen LogP contribution in [0.2, 0.25) is 10.0 Å². The number of sulfonamides is 1. The van der Waals surface area contributed by atoms with Gasteiger partial charge in [0.15, 0.2) is 5.82 Å². The molecular weight excluding hydrogens is 371 g/mol. The minimum atomic E-state index is -3.83. The predicted molar refractivity (Wildman–Crippen MR) is 92.8 cm³/mol. The highest BCUT2D eigenvalue weighted by molar-refractivity contribution is 7.92. The second-order valence-electron chi connectivity index (χ2n) is 4.93. The van der Waals surface area contributed by atoms with Crippen molar-refractivity contribution in [2.75, 3.05) is 4.72 Å². The number of rotatable bonds is 5. The molecule has 0 fully saturated rings. The largest absolute Gasteiger partial charge is 0.265 e. The third-order valence-corrected chi connectivity index (χ3v) is 4.85. The summed E-state index contributed by atoms with van der Waals surface area (Å²) in [6, 6.07) is 11.2. The molecule has 0 unspecified atom stereocenters. The summed E-state index contributed by atoms with van der Waals surface area (Å²) < 4.78 is 28.8. The van der Waals surface area contributed by atoms with Crippen molar-refractivity contribution in [1.29, 1.82) is 0 Å². The lowest BCUT2D eigenvalue weighted by molar-refractivity contribution is 0.600. The first-order valence-corrected chi connectivity index (χ1v) is 9.08. The van der Waals surface area contributed by atoms with Gasteiger partial charge >= 0.3 is 0 Å². The van der Waals surface area contributed by atoms with Gasteiger partial charge in [0.05, 0.1) is 17.1 Å². The number of hydrogen-bond donors (Lipinski definition) is 1. The third-order valence-electron chi connectivity index (χ3n) is 3.08. The first-order valence-electron chi connectivity index (χ1n) is 6.85. The highest BCUT2D eigenvalue weighted by Crippen LogP contribution is 2.23. The highest BCUT2D eigenvalue weighted by atomic mass is 35.5. The van der Waals surface area contributed by atoms with E-state index in [-0.39, 0.29) is 20.8 Å². The van der Waals surface area contributed by atoms with Crippen molar-refractivity contribution in [2.24, 2.45) is 0 Å². The van der Waals surface area contributed by atoms with Gasteiger partial charge in [0.25, 0.3) is 10.0 Å². The van der Waals surface area contributed by atoms with Crippen LogP contribution >= 0.6 is 23.2 Å². The topological polar surface area (TPSA) is 76.9 Å². The smallest absolute Gasteiger partial charge is 0.263 e. The maximum absolute atomic E-state index is 12.4. The van der Waals surface area contributed by atoms with Crippen LogP contribution in [0.4, 0.5) is 5.82 Å². The Kier molecular flexibility index (Phi) is 4.75. The van der Waals surface area contributed by atoms with Crippen molar-refractivity contribution in [3.8, 4) is 0 Å². The van der Waals surface area contributed by atoms with Crippen LogP contribution in [0.25, 0.3) is 0 Å². The Labute approximate surface area is 149 Å². The molecule has 0 saturated carbocycles. The van der Waals surface area contributed by atoms with Crippen LogP contribution in [-0.2, 0) is 16.6 Å². The van der Waals surface area contributed by atoms with E-state index in [4.69, 9.17) is 23.2 Å². The lowest BCUT2D eigenvalue weighted by Gasteiger charge is -2.06. The maximum Gasteiger partial charge on any atom is 0.263 e. The Balaban J connectivity index is 1.78. The zero-order chi connectivity index (χ0) is 17.2. The quantitative estimate of drug-likeness (QED) is 0.732. The van der Waals surface area contributed by atoms with E-state index in [1.165, 1.54) is 18.2 Å². The lowest BCUT2D eigenvalue weighted by Crippen LogP contribution is -2.14. The number of nitrogens with one attached hydrogen (secondary N) is 1. The van der Waals surface area contributed by atoms with Gasteiger partial charge in [-0.1, -0.05) is 29.3 Å². The van der Waals surface area contributed by atoms with Crippen molar-refractivity contribution in [1.82, 2.24) is 14.8 Å².